The van der Waals surface area contributed by atoms with Crippen molar-refractivity contribution in [1.82, 2.24) is 0 Å². The lowest BCUT2D eigenvalue weighted by Crippen LogP contribution is -2.14. The fraction of sp³-hybridized carbons (Fsp3) is 0.900. The molecule has 0 radical (unpaired) electrons. The van der Waals surface area contributed by atoms with Crippen molar-refractivity contribution < 1.29 is 14.3 Å². The molecule has 0 N–H and O–H groups in total. The van der Waals surface area contributed by atoms with Crippen LogP contribution in [0.25, 0.3) is 0 Å². The Bertz CT molecular complexity index is 325. The highest BCUT2D eigenvalue weighted by atomic mass is 16.7. The maximum absolute atomic E-state index is 12.4. The first-order valence-electron chi connectivity index (χ1n) is 9.72. The molecule has 0 bridgehead atoms. The largest absolute Gasteiger partial charge is 0.359 e. The number of ether oxygens (including phenoxy) is 2. The minimum atomic E-state index is 0.115. The molecule has 1 unspecified atom stereocenters. The Morgan fingerprint density at radius 1 is 1.00 bits per heavy atom. The van der Waals surface area contributed by atoms with Crippen LogP contribution in [0.4, 0.5) is 0 Å². The average molecular weight is 340 g/mol. The van der Waals surface area contributed by atoms with E-state index in [1.165, 1.54) is 19.3 Å². The molecule has 0 aliphatic rings. The van der Waals surface area contributed by atoms with Crippen LogP contribution in [0.1, 0.15) is 90.4 Å². The number of ketones is 1. The quantitative estimate of drug-likeness (QED) is 0.247. The normalized spacial score (nSPS) is 12.0. The molecule has 0 saturated heterocycles. The summed E-state index contributed by atoms with van der Waals surface area (Å²) >= 11 is 0. The topological polar surface area (TPSA) is 59.3 Å². The second-order valence-corrected chi connectivity index (χ2v) is 6.54. The van der Waals surface area contributed by atoms with Crippen molar-refractivity contribution >= 4 is 5.78 Å². The molecule has 4 heteroatoms. The van der Waals surface area contributed by atoms with Crippen LogP contribution >= 0.6 is 0 Å². The molecule has 0 rings (SSSR count). The summed E-state index contributed by atoms with van der Waals surface area (Å²) in [5, 5.41) is 8.78. The lowest BCUT2D eigenvalue weighted by atomic mass is 9.89. The monoisotopic (exact) mass is 339 g/mol. The Morgan fingerprint density at radius 3 is 2.42 bits per heavy atom. The lowest BCUT2D eigenvalue weighted by molar-refractivity contribution is -0.123. The van der Waals surface area contributed by atoms with E-state index in [2.05, 4.69) is 13.0 Å². The number of hydrogen-bond acceptors (Lipinski definition) is 4. The molecule has 0 heterocycles. The van der Waals surface area contributed by atoms with E-state index in [9.17, 15) is 4.79 Å². The molecular weight excluding hydrogens is 302 g/mol. The summed E-state index contributed by atoms with van der Waals surface area (Å²) in [6.45, 7) is 3.32. The van der Waals surface area contributed by atoms with Crippen molar-refractivity contribution in [3.63, 3.8) is 0 Å². The molecule has 0 amide bonds. The van der Waals surface area contributed by atoms with Crippen molar-refractivity contribution in [1.29, 1.82) is 5.26 Å². The number of methoxy groups -OCH3 is 1. The maximum atomic E-state index is 12.4. The summed E-state index contributed by atoms with van der Waals surface area (Å²) < 4.78 is 10.1. The van der Waals surface area contributed by atoms with Gasteiger partial charge < -0.3 is 9.47 Å². The van der Waals surface area contributed by atoms with Crippen LogP contribution in [-0.2, 0) is 14.3 Å². The van der Waals surface area contributed by atoms with E-state index in [0.29, 0.717) is 25.4 Å². The predicted molar refractivity (Wildman–Crippen MR) is 97.6 cm³/mol. The zero-order valence-corrected chi connectivity index (χ0v) is 15.9. The molecule has 0 aliphatic heterocycles. The molecule has 0 aromatic heterocycles. The fourth-order valence-electron chi connectivity index (χ4n) is 2.90. The Balaban J connectivity index is 3.74. The number of carbonyl (C=O) groups excluding carboxylic acids is 1. The minimum absolute atomic E-state index is 0.115. The van der Waals surface area contributed by atoms with Crippen molar-refractivity contribution in [3.8, 4) is 6.07 Å². The Kier molecular flexibility index (Phi) is 17.7. The van der Waals surface area contributed by atoms with Gasteiger partial charge in [-0.3, -0.25) is 4.79 Å². The summed E-state index contributed by atoms with van der Waals surface area (Å²) in [4.78, 5) is 12.4. The van der Waals surface area contributed by atoms with Crippen LogP contribution in [0.2, 0.25) is 0 Å². The summed E-state index contributed by atoms with van der Waals surface area (Å²) in [5.74, 6) is 0.495. The van der Waals surface area contributed by atoms with Crippen LogP contribution in [0, 0.1) is 17.2 Å². The first-order chi connectivity index (χ1) is 11.8. The molecule has 0 saturated carbocycles. The maximum Gasteiger partial charge on any atom is 0.146 e. The van der Waals surface area contributed by atoms with Crippen LogP contribution in [0.3, 0.4) is 0 Å². The number of rotatable bonds is 18. The van der Waals surface area contributed by atoms with Gasteiger partial charge in [-0.25, -0.2) is 0 Å². The van der Waals surface area contributed by atoms with Crippen molar-refractivity contribution in [3.05, 3.63) is 0 Å². The average Bonchev–Trinajstić information content (AvgIpc) is 2.59. The number of nitrogens with zero attached hydrogens (tertiary/aromatic N) is 1. The van der Waals surface area contributed by atoms with E-state index in [1.54, 1.807) is 7.11 Å². The van der Waals surface area contributed by atoms with Gasteiger partial charge in [0.05, 0.1) is 6.07 Å². The molecule has 1 atom stereocenters. The van der Waals surface area contributed by atoms with Gasteiger partial charge in [0.15, 0.2) is 0 Å². The molecule has 0 fully saturated rings. The number of nitriles is 1. The van der Waals surface area contributed by atoms with Crippen LogP contribution < -0.4 is 0 Å². The van der Waals surface area contributed by atoms with Crippen LogP contribution in [0.15, 0.2) is 0 Å². The third kappa shape index (κ3) is 14.7. The van der Waals surface area contributed by atoms with Gasteiger partial charge in [-0.05, 0) is 25.7 Å². The zero-order valence-electron chi connectivity index (χ0n) is 15.9. The van der Waals surface area contributed by atoms with E-state index in [1.807, 2.05) is 0 Å². The first kappa shape index (κ1) is 23.1. The van der Waals surface area contributed by atoms with E-state index in [0.717, 1.165) is 58.0 Å². The standard InChI is InChI=1S/C20H37NO3/c1-3-4-5-9-13-19(14-12-16-21)20(22)15-10-7-6-8-11-17-24-18-23-2/h19H,3-15,17-18H2,1-2H3. The third-order valence-corrected chi connectivity index (χ3v) is 4.38. The highest BCUT2D eigenvalue weighted by molar-refractivity contribution is 5.80. The van der Waals surface area contributed by atoms with Gasteiger partial charge in [-0.1, -0.05) is 51.9 Å². The molecule has 4 nitrogen and oxygen atoms in total. The SMILES string of the molecule is CCCCCCC(CCC#N)C(=O)CCCCCCCOCOC. The molecule has 0 aromatic rings. The Hall–Kier alpha value is -0.920. The Morgan fingerprint density at radius 2 is 1.71 bits per heavy atom. The summed E-state index contributed by atoms with van der Waals surface area (Å²) in [6, 6.07) is 2.19. The van der Waals surface area contributed by atoms with Gasteiger partial charge >= 0.3 is 0 Å². The van der Waals surface area contributed by atoms with E-state index >= 15 is 0 Å². The van der Waals surface area contributed by atoms with Crippen LogP contribution in [0.5, 0.6) is 0 Å². The summed E-state index contributed by atoms with van der Waals surface area (Å²) in [5.41, 5.74) is 0. The van der Waals surface area contributed by atoms with Crippen molar-refractivity contribution in [2.75, 3.05) is 20.5 Å². The molecule has 24 heavy (non-hydrogen) atoms. The minimum Gasteiger partial charge on any atom is -0.359 e. The van der Waals surface area contributed by atoms with E-state index in [4.69, 9.17) is 14.7 Å². The number of carbonyl (C=O) groups is 1. The van der Waals surface area contributed by atoms with Crippen molar-refractivity contribution in [2.45, 2.75) is 90.4 Å². The lowest BCUT2D eigenvalue weighted by Gasteiger charge is -2.14. The smallest absolute Gasteiger partial charge is 0.146 e. The summed E-state index contributed by atoms with van der Waals surface area (Å²) in [7, 11) is 1.63. The third-order valence-electron chi connectivity index (χ3n) is 4.38. The Labute approximate surface area is 148 Å². The second kappa shape index (κ2) is 18.4. The van der Waals surface area contributed by atoms with Gasteiger partial charge in [0.1, 0.15) is 12.6 Å². The van der Waals surface area contributed by atoms with Crippen LogP contribution in [-0.4, -0.2) is 26.3 Å². The first-order valence-corrected chi connectivity index (χ1v) is 9.72. The van der Waals surface area contributed by atoms with Gasteiger partial charge in [0.2, 0.25) is 0 Å². The molecule has 0 aromatic carbocycles. The van der Waals surface area contributed by atoms with Gasteiger partial charge in [0, 0.05) is 32.5 Å². The molecule has 0 spiro atoms. The summed E-state index contributed by atoms with van der Waals surface area (Å²) in [6.07, 6.45) is 13.1. The molecular formula is C20H37NO3. The molecule has 0 aliphatic carbocycles. The highest BCUT2D eigenvalue weighted by Gasteiger charge is 2.17. The van der Waals surface area contributed by atoms with Crippen molar-refractivity contribution in [2.24, 2.45) is 5.92 Å². The second-order valence-electron chi connectivity index (χ2n) is 6.54. The van der Waals surface area contributed by atoms with Gasteiger partial charge in [-0.2, -0.15) is 5.26 Å². The highest BCUT2D eigenvalue weighted by Crippen LogP contribution is 2.20. The van der Waals surface area contributed by atoms with Gasteiger partial charge in [0.25, 0.3) is 0 Å². The van der Waals surface area contributed by atoms with E-state index in [-0.39, 0.29) is 5.92 Å². The molecule has 140 valence electrons. The predicted octanol–water partition coefficient (Wildman–Crippen LogP) is 5.41. The number of hydrogen-bond donors (Lipinski definition) is 0. The zero-order chi connectivity index (χ0) is 17.9. The van der Waals surface area contributed by atoms with E-state index < -0.39 is 0 Å². The number of unbranched alkanes of at least 4 members (excludes halogenated alkanes) is 7. The van der Waals surface area contributed by atoms with Gasteiger partial charge in [-0.15, -0.1) is 0 Å². The fourth-order valence-corrected chi connectivity index (χ4v) is 2.90. The number of Topliss-reactive ketones (excluding diaryl/α,β-unsaturated/α-hetero) is 1.